The van der Waals surface area contributed by atoms with Crippen molar-refractivity contribution in [2.24, 2.45) is 0 Å². The summed E-state index contributed by atoms with van der Waals surface area (Å²) in [5.41, 5.74) is -5.62. The van der Waals surface area contributed by atoms with E-state index in [2.05, 4.69) is 0 Å². The summed E-state index contributed by atoms with van der Waals surface area (Å²) in [7, 11) is 0. The molecule has 1 aliphatic rings. The molecule has 2 aromatic carbocycles. The van der Waals surface area contributed by atoms with Crippen molar-refractivity contribution >= 4 is 11.8 Å². The molecule has 2 unspecified atom stereocenters. The molecule has 37 heavy (non-hydrogen) atoms. The van der Waals surface area contributed by atoms with E-state index in [0.29, 0.717) is 24.3 Å². The zero-order chi connectivity index (χ0) is 27.9. The van der Waals surface area contributed by atoms with Crippen molar-refractivity contribution in [2.45, 2.75) is 63.3 Å². The lowest BCUT2D eigenvalue weighted by atomic mass is 9.78. The van der Waals surface area contributed by atoms with Gasteiger partial charge in [0.25, 0.3) is 0 Å². The number of hydrogen-bond acceptors (Lipinski definition) is 3. The Labute approximate surface area is 205 Å². The molecule has 4 nitrogen and oxygen atoms in total. The van der Waals surface area contributed by atoms with Crippen molar-refractivity contribution in [1.29, 1.82) is 0 Å². The Morgan fingerprint density at radius 3 is 1.92 bits per heavy atom. The smallest absolute Gasteiger partial charge is 0.416 e. The molecule has 204 valence electrons. The van der Waals surface area contributed by atoms with E-state index in [9.17, 15) is 49.4 Å². The highest BCUT2D eigenvalue weighted by Gasteiger charge is 2.43. The van der Waals surface area contributed by atoms with Crippen molar-refractivity contribution in [3.8, 4) is 0 Å². The molecule has 0 saturated heterocycles. The lowest BCUT2D eigenvalue weighted by Crippen LogP contribution is -2.45. The summed E-state index contributed by atoms with van der Waals surface area (Å²) in [4.78, 5) is 13.7. The number of nitrogens with zero attached hydrogens (tertiary/aromatic N) is 1. The Kier molecular flexibility index (Phi) is 7.79. The maximum Gasteiger partial charge on any atom is 0.416 e. The second-order valence-electron chi connectivity index (χ2n) is 8.53. The lowest BCUT2D eigenvalue weighted by Gasteiger charge is -2.41. The summed E-state index contributed by atoms with van der Waals surface area (Å²) in [6.45, 7) is 3.08. The number of halogens is 9. The van der Waals surface area contributed by atoms with E-state index in [1.54, 1.807) is 6.92 Å². The van der Waals surface area contributed by atoms with Crippen LogP contribution in [-0.2, 0) is 23.3 Å². The van der Waals surface area contributed by atoms with Gasteiger partial charge in [-0.1, -0.05) is 6.92 Å². The Hall–Kier alpha value is -2.96. The average molecular weight is 543 g/mol. The van der Waals surface area contributed by atoms with E-state index < -0.39 is 64.9 Å². The fourth-order valence-corrected chi connectivity index (χ4v) is 4.44. The first-order valence-corrected chi connectivity index (χ1v) is 11.1. The molecule has 2 aromatic rings. The maximum absolute atomic E-state index is 13.5. The van der Waals surface area contributed by atoms with Crippen LogP contribution in [0, 0.1) is 0 Å². The van der Waals surface area contributed by atoms with Gasteiger partial charge < -0.3 is 9.84 Å². The molecule has 0 aromatic heterocycles. The number of aliphatic hydroxyl groups is 1. The number of alkyl halides is 9. The van der Waals surface area contributed by atoms with Gasteiger partial charge in [0.1, 0.15) is 0 Å². The third-order valence-electron chi connectivity index (χ3n) is 6.17. The Morgan fingerprint density at radius 2 is 1.46 bits per heavy atom. The monoisotopic (exact) mass is 543 g/mol. The van der Waals surface area contributed by atoms with Gasteiger partial charge >= 0.3 is 24.6 Å². The summed E-state index contributed by atoms with van der Waals surface area (Å²) < 4.78 is 126. The van der Waals surface area contributed by atoms with E-state index in [0.717, 1.165) is 11.0 Å². The van der Waals surface area contributed by atoms with E-state index in [1.165, 1.54) is 6.92 Å². The predicted molar refractivity (Wildman–Crippen MR) is 114 cm³/mol. The average Bonchev–Trinajstić information content (AvgIpc) is 2.80. The van der Waals surface area contributed by atoms with Gasteiger partial charge in [-0.3, -0.25) is 4.90 Å². The highest BCUT2D eigenvalue weighted by Crippen LogP contribution is 2.48. The molecule has 0 spiro atoms. The Bertz CT molecular complexity index is 1110. The van der Waals surface area contributed by atoms with E-state index in [-0.39, 0.29) is 36.8 Å². The van der Waals surface area contributed by atoms with Gasteiger partial charge in [-0.05, 0) is 67.3 Å². The van der Waals surface area contributed by atoms with Crippen LogP contribution < -0.4 is 4.90 Å². The molecule has 1 aliphatic heterocycles. The van der Waals surface area contributed by atoms with Crippen LogP contribution in [0.5, 0.6) is 0 Å². The second-order valence-corrected chi connectivity index (χ2v) is 8.53. The van der Waals surface area contributed by atoms with Gasteiger partial charge in [-0.25, -0.2) is 4.79 Å². The van der Waals surface area contributed by atoms with Crippen molar-refractivity contribution < 1.29 is 54.2 Å². The predicted octanol–water partition coefficient (Wildman–Crippen LogP) is 7.71. The highest BCUT2D eigenvalue weighted by atomic mass is 19.4. The highest BCUT2D eigenvalue weighted by molar-refractivity contribution is 5.90. The van der Waals surface area contributed by atoms with Crippen LogP contribution in [0.2, 0.25) is 0 Å². The molecule has 0 bridgehead atoms. The first-order valence-electron chi connectivity index (χ1n) is 11.1. The summed E-state index contributed by atoms with van der Waals surface area (Å²) in [6, 6.07) is 2.11. The molecule has 1 amide bonds. The minimum absolute atomic E-state index is 0.0573. The molecule has 3 atom stereocenters. The quantitative estimate of drug-likeness (QED) is 0.402. The topological polar surface area (TPSA) is 49.8 Å². The standard InChI is InChI=1S/C24H22F9NO3/c1-3-16-11-18(20(35)12-7-14(23(28,29)30)9-15(8-12)24(31,32)33)17-10-13(22(25,26)27)5-6-19(17)34(16)21(36)37-4-2/h5-10,16,18,20,35H,3-4,11H2,1-2H3/t16?,18-,20?/m0/s1. The number of rotatable bonds is 4. The molecule has 1 N–H and O–H groups in total. The van der Waals surface area contributed by atoms with E-state index in [4.69, 9.17) is 4.74 Å². The number of amides is 1. The molecule has 0 saturated carbocycles. The first-order chi connectivity index (χ1) is 17.0. The van der Waals surface area contributed by atoms with Crippen molar-refractivity contribution in [3.05, 3.63) is 64.2 Å². The molecule has 1 heterocycles. The number of anilines is 1. The normalized spacial score (nSPS) is 19.4. The number of aliphatic hydroxyl groups excluding tert-OH is 1. The van der Waals surface area contributed by atoms with Gasteiger partial charge in [0.2, 0.25) is 0 Å². The Balaban J connectivity index is 2.22. The molecule has 13 heteroatoms. The molecule has 3 rings (SSSR count). The molecule has 0 aliphatic carbocycles. The van der Waals surface area contributed by atoms with Crippen LogP contribution in [0.3, 0.4) is 0 Å². The van der Waals surface area contributed by atoms with E-state index in [1.807, 2.05) is 0 Å². The number of hydrogen-bond donors (Lipinski definition) is 1. The van der Waals surface area contributed by atoms with Gasteiger partial charge in [-0.2, -0.15) is 39.5 Å². The second kappa shape index (κ2) is 10.1. The molecular weight excluding hydrogens is 521 g/mol. The molecule has 0 radical (unpaired) electrons. The zero-order valence-corrected chi connectivity index (χ0v) is 19.4. The van der Waals surface area contributed by atoms with Crippen LogP contribution in [0.15, 0.2) is 36.4 Å². The summed E-state index contributed by atoms with van der Waals surface area (Å²) in [5.74, 6) is -1.36. The van der Waals surface area contributed by atoms with Crippen molar-refractivity contribution in [1.82, 2.24) is 0 Å². The maximum atomic E-state index is 13.5. The Morgan fingerprint density at radius 1 is 0.919 bits per heavy atom. The zero-order valence-electron chi connectivity index (χ0n) is 19.4. The fraction of sp³-hybridized carbons (Fsp3) is 0.458. The van der Waals surface area contributed by atoms with Crippen LogP contribution in [0.1, 0.15) is 66.5 Å². The molecule has 0 fully saturated rings. The summed E-state index contributed by atoms with van der Waals surface area (Å²) in [5, 5.41) is 11.1. The SMILES string of the molecule is CCOC(=O)N1c2ccc(C(F)(F)F)cc2[C@@H](C(O)c2cc(C(F)(F)F)cc(C(F)(F)F)c2)CC1CC. The minimum atomic E-state index is -5.18. The summed E-state index contributed by atoms with van der Waals surface area (Å²) in [6.07, 6.45) is -18.2. The van der Waals surface area contributed by atoms with Crippen LogP contribution in [0.25, 0.3) is 0 Å². The van der Waals surface area contributed by atoms with E-state index >= 15 is 0 Å². The number of fused-ring (bicyclic) bond motifs is 1. The van der Waals surface area contributed by atoms with Gasteiger partial charge in [0, 0.05) is 12.0 Å². The third kappa shape index (κ3) is 5.97. The van der Waals surface area contributed by atoms with Gasteiger partial charge in [0.05, 0.1) is 35.1 Å². The fourth-order valence-electron chi connectivity index (χ4n) is 4.44. The largest absolute Gasteiger partial charge is 0.449 e. The summed E-state index contributed by atoms with van der Waals surface area (Å²) >= 11 is 0. The molecular formula is C24H22F9NO3. The lowest BCUT2D eigenvalue weighted by molar-refractivity contribution is -0.143. The third-order valence-corrected chi connectivity index (χ3v) is 6.17. The van der Waals surface area contributed by atoms with Crippen molar-refractivity contribution in [3.63, 3.8) is 0 Å². The number of carbonyl (C=O) groups excluding carboxylic acids is 1. The van der Waals surface area contributed by atoms with Crippen LogP contribution >= 0.6 is 0 Å². The number of ether oxygens (including phenoxy) is 1. The van der Waals surface area contributed by atoms with Gasteiger partial charge in [0.15, 0.2) is 0 Å². The first kappa shape index (κ1) is 28.6. The number of benzene rings is 2. The van der Waals surface area contributed by atoms with Crippen molar-refractivity contribution in [2.75, 3.05) is 11.5 Å². The minimum Gasteiger partial charge on any atom is -0.449 e. The number of carbonyl (C=O) groups is 1. The van der Waals surface area contributed by atoms with Gasteiger partial charge in [-0.15, -0.1) is 0 Å². The van der Waals surface area contributed by atoms with Crippen LogP contribution in [0.4, 0.5) is 50.0 Å². The van der Waals surface area contributed by atoms with Crippen LogP contribution in [-0.4, -0.2) is 23.8 Å².